The van der Waals surface area contributed by atoms with Gasteiger partial charge in [-0.25, -0.2) is 0 Å². The lowest BCUT2D eigenvalue weighted by molar-refractivity contribution is -0.115. The molecule has 1 aromatic rings. The summed E-state index contributed by atoms with van der Waals surface area (Å²) >= 11 is 8.18. The maximum atomic E-state index is 11.3. The molecule has 3 nitrogen and oxygen atoms in total. The van der Waals surface area contributed by atoms with Gasteiger partial charge >= 0.3 is 0 Å². The van der Waals surface area contributed by atoms with E-state index in [4.69, 9.17) is 12.2 Å². The van der Waals surface area contributed by atoms with Gasteiger partial charge < -0.3 is 5.32 Å². The molecule has 2 rings (SSSR count). The van der Waals surface area contributed by atoms with Crippen molar-refractivity contribution >= 4 is 45.2 Å². The van der Waals surface area contributed by atoms with Crippen LogP contribution >= 0.6 is 28.1 Å². The van der Waals surface area contributed by atoms with E-state index in [9.17, 15) is 4.79 Å². The van der Waals surface area contributed by atoms with Crippen molar-refractivity contribution in [2.45, 2.75) is 0 Å². The van der Waals surface area contributed by atoms with Crippen LogP contribution in [-0.2, 0) is 4.79 Å². The molecule has 1 amide bonds. The molecule has 2 N–H and O–H groups in total. The van der Waals surface area contributed by atoms with Crippen molar-refractivity contribution in [2.75, 3.05) is 0 Å². The van der Waals surface area contributed by atoms with Gasteiger partial charge in [-0.15, -0.1) is 0 Å². The van der Waals surface area contributed by atoms with Crippen LogP contribution in [0, 0.1) is 0 Å². The fourth-order valence-corrected chi connectivity index (χ4v) is 1.87. The second kappa shape index (κ2) is 4.12. The molecule has 0 aromatic heterocycles. The Labute approximate surface area is 101 Å². The van der Waals surface area contributed by atoms with Gasteiger partial charge in [-0.2, -0.15) is 0 Å². The predicted molar refractivity (Wildman–Crippen MR) is 66.0 cm³/mol. The van der Waals surface area contributed by atoms with Gasteiger partial charge in [0.05, 0.1) is 0 Å². The average molecular weight is 283 g/mol. The van der Waals surface area contributed by atoms with Crippen LogP contribution < -0.4 is 10.6 Å². The van der Waals surface area contributed by atoms with E-state index in [-0.39, 0.29) is 5.91 Å². The minimum Gasteiger partial charge on any atom is -0.328 e. The van der Waals surface area contributed by atoms with E-state index in [1.807, 2.05) is 24.3 Å². The summed E-state index contributed by atoms with van der Waals surface area (Å²) in [5.41, 5.74) is 1.41. The van der Waals surface area contributed by atoms with Gasteiger partial charge in [-0.3, -0.25) is 10.1 Å². The van der Waals surface area contributed by atoms with Crippen molar-refractivity contribution in [1.29, 1.82) is 0 Å². The highest BCUT2D eigenvalue weighted by molar-refractivity contribution is 9.10. The molecular formula is C10H7BrN2OS. The quantitative estimate of drug-likeness (QED) is 0.610. The number of benzene rings is 1. The van der Waals surface area contributed by atoms with Crippen molar-refractivity contribution in [1.82, 2.24) is 10.6 Å². The number of rotatable bonds is 1. The molecule has 1 aromatic carbocycles. The molecule has 1 aliphatic heterocycles. The van der Waals surface area contributed by atoms with E-state index in [2.05, 4.69) is 26.6 Å². The normalized spacial score (nSPS) is 17.8. The predicted octanol–water partition coefficient (Wildman–Crippen LogP) is 1.79. The number of nitrogens with one attached hydrogen (secondary N) is 2. The highest BCUT2D eigenvalue weighted by Gasteiger charge is 2.19. The van der Waals surface area contributed by atoms with E-state index in [0.29, 0.717) is 10.8 Å². The second-order valence-electron chi connectivity index (χ2n) is 3.02. The number of amides is 1. The first-order chi connectivity index (χ1) is 7.15. The lowest BCUT2D eigenvalue weighted by atomic mass is 10.2. The van der Waals surface area contributed by atoms with Crippen LogP contribution in [-0.4, -0.2) is 11.0 Å². The van der Waals surface area contributed by atoms with Crippen LogP contribution in [0.25, 0.3) is 6.08 Å². The summed E-state index contributed by atoms with van der Waals surface area (Å²) in [5.74, 6) is -0.194. The topological polar surface area (TPSA) is 41.1 Å². The Morgan fingerprint density at radius 2 is 2.13 bits per heavy atom. The Balaban J connectivity index is 2.31. The van der Waals surface area contributed by atoms with E-state index in [0.717, 1.165) is 10.0 Å². The third-order valence-electron chi connectivity index (χ3n) is 1.88. The summed E-state index contributed by atoms with van der Waals surface area (Å²) < 4.78 is 0.970. The number of thiocarbonyl (C=S) groups is 1. The van der Waals surface area contributed by atoms with Crippen LogP contribution in [0.5, 0.6) is 0 Å². The maximum absolute atomic E-state index is 11.3. The van der Waals surface area contributed by atoms with Crippen molar-refractivity contribution in [3.63, 3.8) is 0 Å². The minimum atomic E-state index is -0.194. The van der Waals surface area contributed by atoms with Crippen LogP contribution in [0.3, 0.4) is 0 Å². The summed E-state index contributed by atoms with van der Waals surface area (Å²) in [4.78, 5) is 11.3. The number of hydrogen-bond donors (Lipinski definition) is 2. The zero-order valence-corrected chi connectivity index (χ0v) is 9.98. The first kappa shape index (κ1) is 10.3. The third kappa shape index (κ3) is 2.43. The first-order valence-corrected chi connectivity index (χ1v) is 5.45. The van der Waals surface area contributed by atoms with E-state index >= 15 is 0 Å². The molecule has 76 valence electrons. The fraction of sp³-hybridized carbons (Fsp3) is 0. The fourth-order valence-electron chi connectivity index (χ4n) is 1.25. The average Bonchev–Trinajstić information content (AvgIpc) is 2.45. The molecule has 0 radical (unpaired) electrons. The second-order valence-corrected chi connectivity index (χ2v) is 4.35. The van der Waals surface area contributed by atoms with Crippen LogP contribution in [0.4, 0.5) is 0 Å². The van der Waals surface area contributed by atoms with E-state index in [1.165, 1.54) is 0 Å². The van der Waals surface area contributed by atoms with Crippen molar-refractivity contribution < 1.29 is 4.79 Å². The van der Waals surface area contributed by atoms with Gasteiger partial charge in [0.1, 0.15) is 5.70 Å². The van der Waals surface area contributed by atoms with Gasteiger partial charge in [-0.1, -0.05) is 28.1 Å². The molecule has 5 heteroatoms. The van der Waals surface area contributed by atoms with Gasteiger partial charge in [0, 0.05) is 4.47 Å². The molecule has 1 aliphatic rings. The van der Waals surface area contributed by atoms with Crippen LogP contribution in [0.1, 0.15) is 5.56 Å². The Morgan fingerprint density at radius 1 is 1.33 bits per heavy atom. The highest BCUT2D eigenvalue weighted by atomic mass is 79.9. The summed E-state index contributed by atoms with van der Waals surface area (Å²) in [6.07, 6.45) is 1.75. The third-order valence-corrected chi connectivity index (χ3v) is 2.58. The van der Waals surface area contributed by atoms with Crippen LogP contribution in [0.15, 0.2) is 34.4 Å². The van der Waals surface area contributed by atoms with Crippen LogP contribution in [0.2, 0.25) is 0 Å². The highest BCUT2D eigenvalue weighted by Crippen LogP contribution is 2.14. The molecule has 15 heavy (non-hydrogen) atoms. The Morgan fingerprint density at radius 3 is 2.73 bits per heavy atom. The SMILES string of the molecule is O=C1NC(=S)NC1=Cc1cccc(Br)c1. The number of carbonyl (C=O) groups excluding carboxylic acids is 1. The lowest BCUT2D eigenvalue weighted by Gasteiger charge is -1.97. The minimum absolute atomic E-state index is 0.194. The first-order valence-electron chi connectivity index (χ1n) is 4.25. The number of hydrogen-bond acceptors (Lipinski definition) is 2. The smallest absolute Gasteiger partial charge is 0.273 e. The zero-order chi connectivity index (χ0) is 10.8. The van der Waals surface area contributed by atoms with Crippen molar-refractivity contribution in [3.05, 3.63) is 40.0 Å². The zero-order valence-electron chi connectivity index (χ0n) is 7.58. The molecule has 1 heterocycles. The lowest BCUT2D eigenvalue weighted by Crippen LogP contribution is -2.21. The molecule has 1 fully saturated rings. The van der Waals surface area contributed by atoms with Gasteiger partial charge in [-0.05, 0) is 36.0 Å². The molecule has 0 aliphatic carbocycles. The molecule has 0 atom stereocenters. The van der Waals surface area contributed by atoms with Gasteiger partial charge in [0.15, 0.2) is 5.11 Å². The number of carbonyl (C=O) groups is 1. The Bertz CT molecular complexity index is 470. The molecule has 0 bridgehead atoms. The molecule has 1 saturated heterocycles. The van der Waals surface area contributed by atoms with E-state index < -0.39 is 0 Å². The van der Waals surface area contributed by atoms with Gasteiger partial charge in [0.2, 0.25) is 0 Å². The van der Waals surface area contributed by atoms with Crippen molar-refractivity contribution in [2.24, 2.45) is 0 Å². The summed E-state index contributed by atoms with van der Waals surface area (Å²) in [6.45, 7) is 0. The number of halogens is 1. The Hall–Kier alpha value is -1.20. The maximum Gasteiger partial charge on any atom is 0.273 e. The molecule has 0 unspecified atom stereocenters. The molecule has 0 spiro atoms. The summed E-state index contributed by atoms with van der Waals surface area (Å²) in [6, 6.07) is 7.66. The standard InChI is InChI=1S/C10H7BrN2OS/c11-7-3-1-2-6(4-7)5-8-9(14)13-10(15)12-8/h1-5H,(H2,12,13,14,15). The molecule has 0 saturated carbocycles. The molecular weight excluding hydrogens is 276 g/mol. The summed E-state index contributed by atoms with van der Waals surface area (Å²) in [7, 11) is 0. The van der Waals surface area contributed by atoms with Crippen molar-refractivity contribution in [3.8, 4) is 0 Å². The van der Waals surface area contributed by atoms with Gasteiger partial charge in [0.25, 0.3) is 5.91 Å². The Kier molecular flexibility index (Phi) is 2.83. The largest absolute Gasteiger partial charge is 0.328 e. The summed E-state index contributed by atoms with van der Waals surface area (Å²) in [5, 5.41) is 5.64. The monoisotopic (exact) mass is 282 g/mol. The van der Waals surface area contributed by atoms with E-state index in [1.54, 1.807) is 6.08 Å².